The molecule has 0 N–H and O–H groups in total. The van der Waals surface area contributed by atoms with Gasteiger partial charge in [-0.2, -0.15) is 10.1 Å². The fraction of sp³-hybridized carbons (Fsp3) is 0.200. The van der Waals surface area contributed by atoms with E-state index in [0.717, 1.165) is 5.01 Å². The van der Waals surface area contributed by atoms with Gasteiger partial charge in [0.05, 0.1) is 10.7 Å². The lowest BCUT2D eigenvalue weighted by atomic mass is 10.3. The number of urea groups is 1. The summed E-state index contributed by atoms with van der Waals surface area (Å²) < 4.78 is 12.9. The van der Waals surface area contributed by atoms with Gasteiger partial charge in [-0.15, -0.1) is 0 Å². The van der Waals surface area contributed by atoms with Gasteiger partial charge in [0.1, 0.15) is 5.82 Å². The first-order valence-corrected chi connectivity index (χ1v) is 4.78. The summed E-state index contributed by atoms with van der Waals surface area (Å²) in [4.78, 5) is 13.0. The molecule has 86 valence electrons. The number of amides is 2. The van der Waals surface area contributed by atoms with E-state index < -0.39 is 11.8 Å². The molecule has 1 aromatic rings. The maximum absolute atomic E-state index is 12.9. The molecule has 0 aliphatic heterocycles. The molecule has 0 atom stereocenters. The van der Waals surface area contributed by atoms with Gasteiger partial charge in [0.15, 0.2) is 0 Å². The minimum Gasteiger partial charge on any atom is -0.329 e. The van der Waals surface area contributed by atoms with Crippen LogP contribution < -0.4 is 5.01 Å². The van der Waals surface area contributed by atoms with Crippen LogP contribution in [-0.2, 0) is 0 Å². The Hall–Kier alpha value is -1.62. The summed E-state index contributed by atoms with van der Waals surface area (Å²) in [6.45, 7) is 3.28. The van der Waals surface area contributed by atoms with Gasteiger partial charge in [-0.1, -0.05) is 11.6 Å². The van der Waals surface area contributed by atoms with Crippen LogP contribution in [0.25, 0.3) is 0 Å². The van der Waals surface area contributed by atoms with Crippen molar-refractivity contribution >= 4 is 30.0 Å². The molecular formula is C10H11ClFN3O. The summed E-state index contributed by atoms with van der Waals surface area (Å²) in [6.07, 6.45) is 0. The average molecular weight is 244 g/mol. The summed E-state index contributed by atoms with van der Waals surface area (Å²) in [5.74, 6) is -0.549. The molecule has 0 heterocycles. The molecule has 1 aromatic carbocycles. The van der Waals surface area contributed by atoms with Crippen LogP contribution in [0.5, 0.6) is 0 Å². The maximum Gasteiger partial charge on any atom is 0.344 e. The van der Waals surface area contributed by atoms with E-state index in [2.05, 4.69) is 11.8 Å². The predicted molar refractivity (Wildman–Crippen MR) is 62.5 cm³/mol. The van der Waals surface area contributed by atoms with Crippen LogP contribution in [0, 0.1) is 5.82 Å². The number of hydrazone groups is 1. The van der Waals surface area contributed by atoms with Gasteiger partial charge in [-0.05, 0) is 18.2 Å². The van der Waals surface area contributed by atoms with Crippen LogP contribution in [-0.4, -0.2) is 31.7 Å². The number of carbonyl (C=O) groups is 1. The van der Waals surface area contributed by atoms with Crippen molar-refractivity contribution in [3.63, 3.8) is 0 Å². The molecule has 2 amide bonds. The van der Waals surface area contributed by atoms with Gasteiger partial charge in [0.25, 0.3) is 0 Å². The zero-order valence-electron chi connectivity index (χ0n) is 8.94. The number of nitrogens with zero attached hydrogens (tertiary/aromatic N) is 3. The highest BCUT2D eigenvalue weighted by Crippen LogP contribution is 2.23. The quantitative estimate of drug-likeness (QED) is 0.581. The summed E-state index contributed by atoms with van der Waals surface area (Å²) in [6, 6.07) is 3.49. The van der Waals surface area contributed by atoms with Crippen molar-refractivity contribution in [2.75, 3.05) is 19.1 Å². The third-order valence-electron chi connectivity index (χ3n) is 1.85. The third kappa shape index (κ3) is 2.49. The Kier molecular flexibility index (Phi) is 3.84. The third-order valence-corrected chi connectivity index (χ3v) is 2.14. The lowest BCUT2D eigenvalue weighted by Gasteiger charge is -2.20. The number of hydrogen-bond acceptors (Lipinski definition) is 2. The molecule has 1 rings (SSSR count). The summed E-state index contributed by atoms with van der Waals surface area (Å²) in [5, 5.41) is 4.52. The standard InChI is InChI=1S/C10H11ClFN3O/c1-13-15(10(16)14(2)3)7-4-5-9(12)8(11)6-7/h4-6H,1H2,2-3H3. The number of carbonyl (C=O) groups excluding carboxylic acids is 1. The Labute approximate surface area is 97.9 Å². The van der Waals surface area contributed by atoms with Crippen molar-refractivity contribution in [2.24, 2.45) is 5.10 Å². The number of anilines is 1. The van der Waals surface area contributed by atoms with Crippen LogP contribution in [0.2, 0.25) is 5.02 Å². The zero-order valence-corrected chi connectivity index (χ0v) is 9.70. The van der Waals surface area contributed by atoms with E-state index in [-0.39, 0.29) is 5.02 Å². The minimum absolute atomic E-state index is 0.0716. The van der Waals surface area contributed by atoms with Crippen molar-refractivity contribution in [1.29, 1.82) is 0 Å². The van der Waals surface area contributed by atoms with E-state index in [1.165, 1.54) is 23.1 Å². The van der Waals surface area contributed by atoms with Gasteiger partial charge in [0, 0.05) is 20.8 Å². The van der Waals surface area contributed by atoms with E-state index in [9.17, 15) is 9.18 Å². The number of halogens is 2. The Morgan fingerprint density at radius 3 is 2.56 bits per heavy atom. The second-order valence-corrected chi connectivity index (χ2v) is 3.64. The number of rotatable bonds is 2. The second kappa shape index (κ2) is 4.94. The number of hydrogen-bond donors (Lipinski definition) is 0. The molecule has 0 spiro atoms. The molecule has 0 bridgehead atoms. The molecular weight excluding hydrogens is 233 g/mol. The van der Waals surface area contributed by atoms with Crippen LogP contribution in [0.3, 0.4) is 0 Å². The Morgan fingerprint density at radius 2 is 2.12 bits per heavy atom. The highest BCUT2D eigenvalue weighted by Gasteiger charge is 2.17. The van der Waals surface area contributed by atoms with Crippen LogP contribution in [0.4, 0.5) is 14.9 Å². The molecule has 0 saturated carbocycles. The fourth-order valence-corrected chi connectivity index (χ4v) is 1.23. The fourth-order valence-electron chi connectivity index (χ4n) is 1.06. The first-order valence-electron chi connectivity index (χ1n) is 4.40. The normalized spacial score (nSPS) is 9.75. The molecule has 0 unspecified atom stereocenters. The van der Waals surface area contributed by atoms with E-state index in [1.54, 1.807) is 14.1 Å². The first kappa shape index (κ1) is 12.4. The average Bonchev–Trinajstić information content (AvgIpc) is 2.24. The summed E-state index contributed by atoms with van der Waals surface area (Å²) >= 11 is 5.61. The Morgan fingerprint density at radius 1 is 1.50 bits per heavy atom. The lowest BCUT2D eigenvalue weighted by Crippen LogP contribution is -2.35. The van der Waals surface area contributed by atoms with E-state index >= 15 is 0 Å². The minimum atomic E-state index is -0.549. The summed E-state index contributed by atoms with van der Waals surface area (Å²) in [5.41, 5.74) is 0.361. The highest BCUT2D eigenvalue weighted by atomic mass is 35.5. The summed E-state index contributed by atoms with van der Waals surface area (Å²) in [7, 11) is 3.15. The monoisotopic (exact) mass is 243 g/mol. The Balaban J connectivity index is 3.09. The van der Waals surface area contributed by atoms with E-state index in [0.29, 0.717) is 5.69 Å². The van der Waals surface area contributed by atoms with Crippen LogP contribution in [0.15, 0.2) is 23.3 Å². The van der Waals surface area contributed by atoms with E-state index in [4.69, 9.17) is 11.6 Å². The predicted octanol–water partition coefficient (Wildman–Crippen LogP) is 2.58. The van der Waals surface area contributed by atoms with Gasteiger partial charge in [0.2, 0.25) is 0 Å². The van der Waals surface area contributed by atoms with Crippen molar-refractivity contribution in [1.82, 2.24) is 4.90 Å². The van der Waals surface area contributed by atoms with Gasteiger partial charge < -0.3 is 4.90 Å². The molecule has 4 nitrogen and oxygen atoms in total. The highest BCUT2D eigenvalue weighted by molar-refractivity contribution is 6.31. The first-order chi connectivity index (χ1) is 7.47. The van der Waals surface area contributed by atoms with Gasteiger partial charge in [-0.25, -0.2) is 9.18 Å². The lowest BCUT2D eigenvalue weighted by molar-refractivity contribution is 0.224. The maximum atomic E-state index is 12.9. The second-order valence-electron chi connectivity index (χ2n) is 3.23. The topological polar surface area (TPSA) is 35.9 Å². The SMILES string of the molecule is C=NN(C(=O)N(C)C)c1ccc(F)c(Cl)c1. The zero-order chi connectivity index (χ0) is 12.3. The molecule has 0 aromatic heterocycles. The molecule has 16 heavy (non-hydrogen) atoms. The van der Waals surface area contributed by atoms with Gasteiger partial charge >= 0.3 is 6.03 Å². The van der Waals surface area contributed by atoms with Crippen molar-refractivity contribution < 1.29 is 9.18 Å². The van der Waals surface area contributed by atoms with Crippen molar-refractivity contribution in [2.45, 2.75) is 0 Å². The molecule has 0 aliphatic rings. The van der Waals surface area contributed by atoms with E-state index in [1.807, 2.05) is 0 Å². The Bertz CT molecular complexity index is 423. The van der Waals surface area contributed by atoms with Crippen LogP contribution >= 0.6 is 11.6 Å². The smallest absolute Gasteiger partial charge is 0.329 e. The van der Waals surface area contributed by atoms with Crippen molar-refractivity contribution in [3.05, 3.63) is 29.0 Å². The molecule has 0 aliphatic carbocycles. The molecule has 6 heteroatoms. The molecule has 0 fully saturated rings. The van der Waals surface area contributed by atoms with Gasteiger partial charge in [-0.3, -0.25) is 0 Å². The largest absolute Gasteiger partial charge is 0.344 e. The van der Waals surface area contributed by atoms with Crippen LogP contribution in [0.1, 0.15) is 0 Å². The number of benzene rings is 1. The van der Waals surface area contributed by atoms with Crippen molar-refractivity contribution in [3.8, 4) is 0 Å². The molecule has 0 radical (unpaired) electrons. The molecule has 0 saturated heterocycles.